The summed E-state index contributed by atoms with van der Waals surface area (Å²) in [6.07, 6.45) is 0. The summed E-state index contributed by atoms with van der Waals surface area (Å²) < 4.78 is 7.04. The lowest BCUT2D eigenvalue weighted by Crippen LogP contribution is -1.94. The first kappa shape index (κ1) is 79.5. The highest BCUT2D eigenvalue weighted by molar-refractivity contribution is 6.29. The van der Waals surface area contributed by atoms with Gasteiger partial charge in [-0.3, -0.25) is 13.2 Å². The van der Waals surface area contributed by atoms with Crippen molar-refractivity contribution in [3.8, 4) is 78.1 Å². The minimum absolute atomic E-state index is 0.952. The van der Waals surface area contributed by atoms with Crippen LogP contribution in [0.25, 0.3) is 290 Å². The fourth-order valence-corrected chi connectivity index (χ4v) is 22.9. The van der Waals surface area contributed by atoms with E-state index in [0.717, 1.165) is 89.0 Å². The van der Waals surface area contributed by atoms with Crippen molar-refractivity contribution in [3.05, 3.63) is 491 Å². The molecule has 0 aliphatic rings. The van der Waals surface area contributed by atoms with E-state index in [1.54, 1.807) is 0 Å². The predicted octanol–water partition coefficient (Wildman–Crippen LogP) is 35.8. The van der Waals surface area contributed by atoms with Crippen molar-refractivity contribution in [2.24, 2.45) is 0 Å². The van der Waals surface area contributed by atoms with Crippen LogP contribution in [0.15, 0.2) is 491 Å². The molecular weight excluding hydrogens is 1710 g/mol. The largest absolute Gasteiger partial charge is 0.292 e. The van der Waals surface area contributed by atoms with Crippen molar-refractivity contribution in [1.82, 2.24) is 33.1 Å². The summed E-state index contributed by atoms with van der Waals surface area (Å²) in [6.45, 7) is 0. The normalized spacial score (nSPS) is 12.0. The second-order valence-corrected chi connectivity index (χ2v) is 37.4. The maximum Gasteiger partial charge on any atom is 0.146 e. The zero-order chi connectivity index (χ0) is 92.4. The van der Waals surface area contributed by atoms with E-state index in [9.17, 15) is 0 Å². The van der Waals surface area contributed by atoms with Gasteiger partial charge in [-0.25, -0.2) is 19.9 Å². The molecule has 0 N–H and O–H groups in total. The smallest absolute Gasteiger partial charge is 0.146 e. The van der Waals surface area contributed by atoms with E-state index in [-0.39, 0.29) is 0 Å². The number of nitrogens with zero attached hydrogens (tertiary/aromatic N) is 7. The van der Waals surface area contributed by atoms with Crippen LogP contribution in [0.4, 0.5) is 0 Å². The average molecular weight is 1790 g/mol. The third-order valence-electron chi connectivity index (χ3n) is 29.5. The van der Waals surface area contributed by atoms with Crippen molar-refractivity contribution in [2.45, 2.75) is 0 Å². The molecule has 7 aromatic heterocycles. The standard InChI is InChI=1S/C57H34N2.C39H24N2.C38H23N3/c1-3-14-38-31-42(23-21-35(38)11-1)54-45-17-7-8-18-46(45)55(43-24-22-36-12-2-4-15-39(36)32-43)50-33-40(26-28-47(50)54)41-27-29-48-53(34-41)59-52-20-10-9-19-51(52)58-57(59)49-30-25-37-13-5-6-16-44(37)56(48)49;1-2-10-27-22-30(17-16-25(27)8-1)28-11-7-12-29(23-28)31-19-20-33-37(24-31)41-36-15-6-5-14-35(36)40-39(41)34-21-18-26-9-3-4-13-32(26)38(33)34;1-2-10-26-22-27(17-16-24(26)8-1)32-13-7-14-33(39-32)28-19-20-30-36(23-28)41-35-15-6-5-12-34(35)40-38(41)31-21-18-25-9-3-4-11-29(25)37(30)31/h1-34H;1-24H;1-23H. The molecule has 652 valence electrons. The highest BCUT2D eigenvalue weighted by atomic mass is 15.0. The lowest BCUT2D eigenvalue weighted by atomic mass is 9.84. The molecule has 0 aliphatic heterocycles. The van der Waals surface area contributed by atoms with Crippen LogP contribution >= 0.6 is 0 Å². The Morgan fingerprint density at radius 1 is 0.128 bits per heavy atom. The van der Waals surface area contributed by atoms with Crippen LogP contribution in [0, 0.1) is 0 Å². The molecule has 31 aromatic rings. The molecule has 0 atom stereocenters. The third-order valence-corrected chi connectivity index (χ3v) is 29.5. The Bertz CT molecular complexity index is 10400. The van der Waals surface area contributed by atoms with Crippen LogP contribution in [0.1, 0.15) is 0 Å². The van der Waals surface area contributed by atoms with Gasteiger partial charge in [0.25, 0.3) is 0 Å². The van der Waals surface area contributed by atoms with Crippen LogP contribution in [-0.2, 0) is 0 Å². The summed E-state index contributed by atoms with van der Waals surface area (Å²) >= 11 is 0. The molecule has 7 heteroatoms. The van der Waals surface area contributed by atoms with Gasteiger partial charge in [-0.15, -0.1) is 0 Å². The number of imidazole rings is 3. The van der Waals surface area contributed by atoms with Crippen LogP contribution in [-0.4, -0.2) is 33.1 Å². The second kappa shape index (κ2) is 31.9. The monoisotopic (exact) mass is 1790 g/mol. The molecule has 141 heavy (non-hydrogen) atoms. The lowest BCUT2D eigenvalue weighted by Gasteiger charge is -2.19. The van der Waals surface area contributed by atoms with E-state index >= 15 is 0 Å². The van der Waals surface area contributed by atoms with E-state index in [1.165, 1.54) is 201 Å². The fraction of sp³-hybridized carbons (Fsp3) is 0. The predicted molar refractivity (Wildman–Crippen MR) is 597 cm³/mol. The molecule has 0 aliphatic carbocycles. The molecule has 0 unspecified atom stereocenters. The van der Waals surface area contributed by atoms with Gasteiger partial charge in [0.2, 0.25) is 0 Å². The Kier molecular flexibility index (Phi) is 18.0. The van der Waals surface area contributed by atoms with E-state index in [0.29, 0.717) is 0 Å². The van der Waals surface area contributed by atoms with Crippen LogP contribution in [0.2, 0.25) is 0 Å². The highest BCUT2D eigenvalue weighted by Gasteiger charge is 2.25. The molecule has 0 saturated heterocycles. The molecule has 0 radical (unpaired) electrons. The fourth-order valence-electron chi connectivity index (χ4n) is 22.9. The summed E-state index contributed by atoms with van der Waals surface area (Å²) in [5.41, 5.74) is 29.1. The van der Waals surface area contributed by atoms with Gasteiger partial charge in [0.05, 0.1) is 61.0 Å². The molecule has 0 bridgehead atoms. The topological polar surface area (TPSA) is 64.8 Å². The average Bonchev–Trinajstić information content (AvgIpc) is 1.65. The van der Waals surface area contributed by atoms with Crippen LogP contribution in [0.5, 0.6) is 0 Å². The molecule has 31 rings (SSSR count). The van der Waals surface area contributed by atoms with Gasteiger partial charge < -0.3 is 0 Å². The van der Waals surface area contributed by atoms with Gasteiger partial charge in [0.15, 0.2) is 0 Å². The Morgan fingerprint density at radius 3 is 0.801 bits per heavy atom. The molecule has 0 amide bonds. The Balaban J connectivity index is 0.000000104. The van der Waals surface area contributed by atoms with Gasteiger partial charge in [0, 0.05) is 59.6 Å². The number of hydrogen-bond donors (Lipinski definition) is 0. The summed E-state index contributed by atoms with van der Waals surface area (Å²) in [5.74, 6) is 0. The highest BCUT2D eigenvalue weighted by Crippen LogP contribution is 2.49. The van der Waals surface area contributed by atoms with Crippen molar-refractivity contribution < 1.29 is 0 Å². The van der Waals surface area contributed by atoms with Gasteiger partial charge in [0.1, 0.15) is 16.9 Å². The number of rotatable bonds is 7. The van der Waals surface area contributed by atoms with E-state index in [1.807, 2.05) is 0 Å². The Morgan fingerprint density at radius 2 is 0.383 bits per heavy atom. The minimum atomic E-state index is 0.952. The Labute approximate surface area is 808 Å². The Hall–Kier alpha value is -18.8. The maximum absolute atomic E-state index is 5.26. The quantitative estimate of drug-likeness (QED) is 0.118. The molecule has 24 aromatic carbocycles. The lowest BCUT2D eigenvalue weighted by molar-refractivity contribution is 1.30. The number of benzene rings is 24. The van der Waals surface area contributed by atoms with Crippen LogP contribution in [0.3, 0.4) is 0 Å². The zero-order valence-corrected chi connectivity index (χ0v) is 76.4. The van der Waals surface area contributed by atoms with E-state index < -0.39 is 0 Å². The number of aromatic nitrogens is 7. The second-order valence-electron chi connectivity index (χ2n) is 37.4. The van der Waals surface area contributed by atoms with E-state index in [4.69, 9.17) is 19.9 Å². The number of para-hydroxylation sites is 6. The summed E-state index contributed by atoms with van der Waals surface area (Å²) in [7, 11) is 0. The minimum Gasteiger partial charge on any atom is -0.292 e. The molecule has 0 fully saturated rings. The molecule has 0 saturated carbocycles. The van der Waals surface area contributed by atoms with Gasteiger partial charge in [-0.2, -0.15) is 0 Å². The van der Waals surface area contributed by atoms with Gasteiger partial charge >= 0.3 is 0 Å². The summed E-state index contributed by atoms with van der Waals surface area (Å²) in [5, 5.41) is 33.3. The number of hydrogen-bond acceptors (Lipinski definition) is 4. The van der Waals surface area contributed by atoms with Crippen molar-refractivity contribution >= 4 is 212 Å². The SMILES string of the molecule is c1cc(-c2ccc3ccccc3c2)cc(-c2ccc3c4c5ccccc5ccc4c4nc5ccccc5n4c3c2)c1.c1cc(-c2ccc3ccccc3c2)nc(-c2ccc3c4c5ccccc5ccc4c4nc5ccccc5n4c3c2)c1.c1ccc2cc(-c3c4ccccc4c(-c4ccc5ccccc5c4)c4cc(-c5ccc6c7c8ccccc8ccc7c7nc8ccccc8n7c6c5)ccc34)ccc2c1. The maximum atomic E-state index is 5.26. The van der Waals surface area contributed by atoms with E-state index in [2.05, 4.69) is 505 Å². The zero-order valence-electron chi connectivity index (χ0n) is 76.4. The first-order chi connectivity index (χ1) is 69.9. The van der Waals surface area contributed by atoms with Crippen LogP contribution < -0.4 is 0 Å². The van der Waals surface area contributed by atoms with Gasteiger partial charge in [-0.05, 0) is 274 Å². The van der Waals surface area contributed by atoms with Crippen molar-refractivity contribution in [3.63, 3.8) is 0 Å². The molecule has 7 heterocycles. The van der Waals surface area contributed by atoms with Gasteiger partial charge in [-0.1, -0.05) is 370 Å². The summed E-state index contributed by atoms with van der Waals surface area (Å²) in [6, 6.07) is 178. The van der Waals surface area contributed by atoms with Crippen molar-refractivity contribution in [1.29, 1.82) is 0 Å². The third kappa shape index (κ3) is 12.9. The molecule has 7 nitrogen and oxygen atoms in total. The first-order valence-electron chi connectivity index (χ1n) is 48.4. The first-order valence-corrected chi connectivity index (χ1v) is 48.4. The molecule has 0 spiro atoms. The van der Waals surface area contributed by atoms with Crippen molar-refractivity contribution in [2.75, 3.05) is 0 Å². The summed E-state index contributed by atoms with van der Waals surface area (Å²) in [4.78, 5) is 20.7. The number of pyridine rings is 4. The molecular formula is C134H81N7. The number of fused-ring (bicyclic) bond motifs is 36.